The van der Waals surface area contributed by atoms with Gasteiger partial charge < -0.3 is 5.32 Å². The molecule has 1 heterocycles. The Kier molecular flexibility index (Phi) is 6.28. The highest BCUT2D eigenvalue weighted by molar-refractivity contribution is 5.15. The largest absolute Gasteiger partial charge is 0.308 e. The molecule has 1 aliphatic rings. The van der Waals surface area contributed by atoms with Crippen molar-refractivity contribution in [2.45, 2.75) is 78.8 Å². The molecule has 1 unspecified atom stereocenters. The summed E-state index contributed by atoms with van der Waals surface area (Å²) in [5, 5.41) is 8.48. The lowest BCUT2D eigenvalue weighted by atomic mass is 9.76. The number of nitrogens with zero attached hydrogens (tertiary/aromatic N) is 2. The summed E-state index contributed by atoms with van der Waals surface area (Å²) in [6.45, 7) is 11.0. The van der Waals surface area contributed by atoms with Crippen molar-refractivity contribution in [3.8, 4) is 0 Å². The Morgan fingerprint density at radius 3 is 2.52 bits per heavy atom. The van der Waals surface area contributed by atoms with E-state index in [2.05, 4.69) is 48.9 Å². The maximum Gasteiger partial charge on any atom is 0.0597 e. The summed E-state index contributed by atoms with van der Waals surface area (Å²) in [6, 6.07) is 2.78. The SMILES string of the molecule is CCCNC(c1cc(C)nn1CC)C1CCC(CC)CC1. The standard InChI is InChI=1S/C18H33N3/c1-5-12-19-18(16-10-8-15(6-2)9-11-16)17-13-14(4)20-21(17)7-3/h13,15-16,18-19H,5-12H2,1-4H3. The third kappa shape index (κ3) is 4.09. The molecule has 0 radical (unpaired) electrons. The van der Waals surface area contributed by atoms with Crippen LogP contribution in [0.1, 0.15) is 76.7 Å². The van der Waals surface area contributed by atoms with Gasteiger partial charge in [-0.25, -0.2) is 0 Å². The second-order valence-corrected chi connectivity index (χ2v) is 6.65. The van der Waals surface area contributed by atoms with E-state index in [1.807, 2.05) is 0 Å². The molecule has 0 aliphatic heterocycles. The molecule has 21 heavy (non-hydrogen) atoms. The van der Waals surface area contributed by atoms with Crippen molar-refractivity contribution >= 4 is 0 Å². The van der Waals surface area contributed by atoms with E-state index in [0.29, 0.717) is 6.04 Å². The summed E-state index contributed by atoms with van der Waals surface area (Å²) in [5.74, 6) is 1.74. The molecule has 3 nitrogen and oxygen atoms in total. The van der Waals surface area contributed by atoms with Crippen molar-refractivity contribution < 1.29 is 0 Å². The molecule has 1 fully saturated rings. The van der Waals surface area contributed by atoms with Gasteiger partial charge in [0.05, 0.1) is 17.4 Å². The molecule has 1 atom stereocenters. The van der Waals surface area contributed by atoms with Gasteiger partial charge in [0.25, 0.3) is 0 Å². The van der Waals surface area contributed by atoms with Crippen LogP contribution in [0.3, 0.4) is 0 Å². The van der Waals surface area contributed by atoms with E-state index in [-0.39, 0.29) is 0 Å². The highest BCUT2D eigenvalue weighted by Crippen LogP contribution is 2.38. The zero-order valence-electron chi connectivity index (χ0n) is 14.4. The molecular formula is C18H33N3. The van der Waals surface area contributed by atoms with Crippen LogP contribution in [-0.2, 0) is 6.54 Å². The zero-order valence-corrected chi connectivity index (χ0v) is 14.4. The Bertz CT molecular complexity index is 416. The molecule has 1 aliphatic carbocycles. The van der Waals surface area contributed by atoms with Crippen LogP contribution in [0.25, 0.3) is 0 Å². The van der Waals surface area contributed by atoms with Crippen molar-refractivity contribution in [2.24, 2.45) is 11.8 Å². The minimum Gasteiger partial charge on any atom is -0.308 e. The first kappa shape index (κ1) is 16.5. The lowest BCUT2D eigenvalue weighted by Crippen LogP contribution is -2.33. The van der Waals surface area contributed by atoms with Crippen LogP contribution in [0.2, 0.25) is 0 Å². The van der Waals surface area contributed by atoms with Crippen LogP contribution < -0.4 is 5.32 Å². The maximum absolute atomic E-state index is 4.66. The molecule has 0 aromatic carbocycles. The molecule has 3 heteroatoms. The van der Waals surface area contributed by atoms with Crippen molar-refractivity contribution in [2.75, 3.05) is 6.54 Å². The number of nitrogens with one attached hydrogen (secondary N) is 1. The number of aromatic nitrogens is 2. The Morgan fingerprint density at radius 1 is 1.24 bits per heavy atom. The third-order valence-electron chi connectivity index (χ3n) is 5.11. The van der Waals surface area contributed by atoms with Gasteiger partial charge >= 0.3 is 0 Å². The van der Waals surface area contributed by atoms with Gasteiger partial charge in [0.2, 0.25) is 0 Å². The molecule has 120 valence electrons. The number of hydrogen-bond acceptors (Lipinski definition) is 2. The first-order valence-corrected chi connectivity index (χ1v) is 8.97. The van der Waals surface area contributed by atoms with Crippen LogP contribution in [0, 0.1) is 18.8 Å². The number of rotatable bonds is 7. The van der Waals surface area contributed by atoms with Crippen LogP contribution in [-0.4, -0.2) is 16.3 Å². The fourth-order valence-electron chi connectivity index (χ4n) is 3.81. The quantitative estimate of drug-likeness (QED) is 0.803. The van der Waals surface area contributed by atoms with Gasteiger partial charge in [-0.1, -0.05) is 33.1 Å². The normalized spacial score (nSPS) is 24.2. The van der Waals surface area contributed by atoms with Crippen molar-refractivity contribution in [1.82, 2.24) is 15.1 Å². The van der Waals surface area contributed by atoms with Crippen molar-refractivity contribution in [1.29, 1.82) is 0 Å². The summed E-state index contributed by atoms with van der Waals surface area (Å²) < 4.78 is 2.20. The average Bonchev–Trinajstić information content (AvgIpc) is 2.89. The highest BCUT2D eigenvalue weighted by atomic mass is 15.3. The minimum atomic E-state index is 0.490. The molecule has 0 bridgehead atoms. The summed E-state index contributed by atoms with van der Waals surface area (Å²) in [6.07, 6.45) is 8.10. The van der Waals surface area contributed by atoms with Gasteiger partial charge in [0.15, 0.2) is 0 Å². The third-order valence-corrected chi connectivity index (χ3v) is 5.11. The van der Waals surface area contributed by atoms with Crippen LogP contribution in [0.4, 0.5) is 0 Å². The molecule has 2 rings (SSSR count). The first-order valence-electron chi connectivity index (χ1n) is 8.97. The fraction of sp³-hybridized carbons (Fsp3) is 0.833. The monoisotopic (exact) mass is 291 g/mol. The molecule has 1 aromatic rings. The van der Waals surface area contributed by atoms with Gasteiger partial charge in [0, 0.05) is 6.54 Å². The Hall–Kier alpha value is -0.830. The molecular weight excluding hydrogens is 258 g/mol. The molecule has 0 spiro atoms. The highest BCUT2D eigenvalue weighted by Gasteiger charge is 2.29. The summed E-state index contributed by atoms with van der Waals surface area (Å²) in [4.78, 5) is 0. The van der Waals surface area contributed by atoms with E-state index in [0.717, 1.165) is 30.6 Å². The van der Waals surface area contributed by atoms with E-state index in [1.165, 1.54) is 44.2 Å². The van der Waals surface area contributed by atoms with Crippen molar-refractivity contribution in [3.05, 3.63) is 17.5 Å². The Labute approximate surface area is 130 Å². The number of aryl methyl sites for hydroxylation is 2. The van der Waals surface area contributed by atoms with Gasteiger partial charge in [-0.05, 0) is 57.6 Å². The molecule has 1 saturated carbocycles. The maximum atomic E-state index is 4.66. The Balaban J connectivity index is 2.14. The second kappa shape index (κ2) is 7.98. The lowest BCUT2D eigenvalue weighted by Gasteiger charge is -2.34. The predicted octanol–water partition coefficient (Wildman–Crippen LogP) is 4.47. The summed E-state index contributed by atoms with van der Waals surface area (Å²) in [7, 11) is 0. The van der Waals surface area contributed by atoms with Crippen LogP contribution in [0.5, 0.6) is 0 Å². The topological polar surface area (TPSA) is 29.9 Å². The van der Waals surface area contributed by atoms with Gasteiger partial charge in [0.1, 0.15) is 0 Å². The van der Waals surface area contributed by atoms with Gasteiger partial charge in [-0.2, -0.15) is 5.10 Å². The average molecular weight is 291 g/mol. The van der Waals surface area contributed by atoms with E-state index < -0.39 is 0 Å². The molecule has 1 N–H and O–H groups in total. The van der Waals surface area contributed by atoms with Gasteiger partial charge in [-0.15, -0.1) is 0 Å². The predicted molar refractivity (Wildman–Crippen MR) is 89.4 cm³/mol. The lowest BCUT2D eigenvalue weighted by molar-refractivity contribution is 0.212. The van der Waals surface area contributed by atoms with Crippen LogP contribution >= 0.6 is 0 Å². The molecule has 1 aromatic heterocycles. The molecule has 0 amide bonds. The van der Waals surface area contributed by atoms with Gasteiger partial charge in [-0.3, -0.25) is 4.68 Å². The van der Waals surface area contributed by atoms with E-state index >= 15 is 0 Å². The second-order valence-electron chi connectivity index (χ2n) is 6.65. The zero-order chi connectivity index (χ0) is 15.2. The van der Waals surface area contributed by atoms with E-state index in [4.69, 9.17) is 0 Å². The number of hydrogen-bond donors (Lipinski definition) is 1. The summed E-state index contributed by atoms with van der Waals surface area (Å²) >= 11 is 0. The fourth-order valence-corrected chi connectivity index (χ4v) is 3.81. The minimum absolute atomic E-state index is 0.490. The summed E-state index contributed by atoms with van der Waals surface area (Å²) in [5.41, 5.74) is 2.56. The van der Waals surface area contributed by atoms with Crippen molar-refractivity contribution in [3.63, 3.8) is 0 Å². The van der Waals surface area contributed by atoms with E-state index in [1.54, 1.807) is 0 Å². The van der Waals surface area contributed by atoms with E-state index in [9.17, 15) is 0 Å². The Morgan fingerprint density at radius 2 is 1.95 bits per heavy atom. The van der Waals surface area contributed by atoms with Crippen LogP contribution in [0.15, 0.2) is 6.07 Å². The molecule has 0 saturated heterocycles. The first-order chi connectivity index (χ1) is 10.2. The smallest absolute Gasteiger partial charge is 0.0597 e.